The topological polar surface area (TPSA) is 51.4 Å². The molecule has 0 aliphatic rings. The third kappa shape index (κ3) is 11.2. The van der Waals surface area contributed by atoms with Crippen LogP contribution in [0.3, 0.4) is 0 Å². The van der Waals surface area contributed by atoms with Gasteiger partial charge < -0.3 is 38.8 Å². The summed E-state index contributed by atoms with van der Waals surface area (Å²) in [7, 11) is 1.58. The van der Waals surface area contributed by atoms with Crippen molar-refractivity contribution in [2.75, 3.05) is 13.7 Å². The Morgan fingerprint density at radius 3 is 2.39 bits per heavy atom. The highest BCUT2D eigenvalue weighted by molar-refractivity contribution is 5.97. The summed E-state index contributed by atoms with van der Waals surface area (Å²) < 4.78 is 13.5. The van der Waals surface area contributed by atoms with Crippen LogP contribution in [0.15, 0.2) is 42.7 Å². The van der Waals surface area contributed by atoms with Crippen molar-refractivity contribution in [1.29, 1.82) is 0 Å². The molecule has 1 aromatic carbocycles. The number of unbranched alkanes of at least 4 members (excludes halogenated alkanes) is 7. The van der Waals surface area contributed by atoms with Crippen molar-refractivity contribution in [3.05, 3.63) is 53.9 Å². The van der Waals surface area contributed by atoms with Gasteiger partial charge in [-0.05, 0) is 24.6 Å². The molecule has 1 N–H and O–H groups in total. The summed E-state index contributed by atoms with van der Waals surface area (Å²) in [5, 5.41) is 2.99. The molecular formula is C27H41IN2O3. The molecule has 2 rings (SSSR count). The Morgan fingerprint density at radius 2 is 1.70 bits per heavy atom. The van der Waals surface area contributed by atoms with Gasteiger partial charge in [-0.3, -0.25) is 4.79 Å². The minimum Gasteiger partial charge on any atom is -1.00 e. The summed E-state index contributed by atoms with van der Waals surface area (Å²) >= 11 is 0. The number of carbonyl (C=O) groups is 1. The number of carbonyl (C=O) groups excluding carboxylic acids is 1. The zero-order valence-electron chi connectivity index (χ0n) is 20.6. The number of hydrogen-bond donors (Lipinski definition) is 1. The summed E-state index contributed by atoms with van der Waals surface area (Å²) in [5.74, 6) is 1.12. The van der Waals surface area contributed by atoms with Gasteiger partial charge in [-0.2, -0.15) is 0 Å². The number of aryl methyl sites for hydroxylation is 1. The quantitative estimate of drug-likeness (QED) is 0.193. The lowest BCUT2D eigenvalue weighted by Crippen LogP contribution is -3.00. The van der Waals surface area contributed by atoms with Crippen molar-refractivity contribution in [2.45, 2.75) is 84.7 Å². The van der Waals surface area contributed by atoms with Crippen molar-refractivity contribution in [3.8, 4) is 11.5 Å². The van der Waals surface area contributed by atoms with Crippen LogP contribution in [0.4, 0.5) is 0 Å². The van der Waals surface area contributed by atoms with Gasteiger partial charge in [0.1, 0.15) is 18.0 Å². The maximum absolute atomic E-state index is 12.7. The molecule has 0 saturated carbocycles. The minimum absolute atomic E-state index is 0. The van der Waals surface area contributed by atoms with Crippen LogP contribution in [0.5, 0.6) is 11.5 Å². The number of nitrogens with one attached hydrogen (secondary N) is 1. The fourth-order valence-corrected chi connectivity index (χ4v) is 3.73. The number of halogens is 1. The van der Waals surface area contributed by atoms with Gasteiger partial charge in [-0.15, -0.1) is 0 Å². The average Bonchev–Trinajstić information content (AvgIpc) is 2.82. The Hall–Kier alpha value is -1.83. The lowest BCUT2D eigenvalue weighted by Gasteiger charge is -2.12. The molecule has 0 aliphatic heterocycles. The highest BCUT2D eigenvalue weighted by Gasteiger charge is 2.14. The van der Waals surface area contributed by atoms with E-state index in [-0.39, 0.29) is 29.9 Å². The van der Waals surface area contributed by atoms with Crippen molar-refractivity contribution >= 4 is 5.91 Å². The van der Waals surface area contributed by atoms with E-state index in [0.717, 1.165) is 30.7 Å². The Morgan fingerprint density at radius 1 is 0.970 bits per heavy atom. The summed E-state index contributed by atoms with van der Waals surface area (Å²) in [5.41, 5.74) is 1.59. The predicted octanol–water partition coefficient (Wildman–Crippen LogP) is 2.85. The summed E-state index contributed by atoms with van der Waals surface area (Å²) in [6, 6.07) is 9.46. The molecule has 0 radical (unpaired) electrons. The number of aromatic nitrogens is 1. The van der Waals surface area contributed by atoms with Gasteiger partial charge in [0.05, 0.1) is 19.3 Å². The van der Waals surface area contributed by atoms with Crippen LogP contribution in [0.2, 0.25) is 0 Å². The molecule has 0 saturated heterocycles. The maximum atomic E-state index is 12.7. The highest BCUT2D eigenvalue weighted by atomic mass is 127. The van der Waals surface area contributed by atoms with Gasteiger partial charge in [-0.25, -0.2) is 4.57 Å². The van der Waals surface area contributed by atoms with Crippen LogP contribution in [0.1, 0.15) is 87.6 Å². The molecule has 6 heteroatoms. The third-order valence-corrected chi connectivity index (χ3v) is 5.54. The molecule has 1 amide bonds. The van der Waals surface area contributed by atoms with Gasteiger partial charge >= 0.3 is 0 Å². The smallest absolute Gasteiger partial charge is 0.255 e. The first-order valence-electron chi connectivity index (χ1n) is 12.2. The molecule has 0 unspecified atom stereocenters. The average molecular weight is 569 g/mol. The first-order valence-corrected chi connectivity index (χ1v) is 12.2. The van der Waals surface area contributed by atoms with E-state index < -0.39 is 0 Å². The maximum Gasteiger partial charge on any atom is 0.255 e. The summed E-state index contributed by atoms with van der Waals surface area (Å²) in [6.45, 7) is 6.53. The monoisotopic (exact) mass is 568 g/mol. The largest absolute Gasteiger partial charge is 1.00 e. The van der Waals surface area contributed by atoms with E-state index in [4.69, 9.17) is 9.47 Å². The SMILES string of the molecule is CCCCCCCCCCOc1ccc(C(=O)NCc2ccc[n+](CCC)c2)c(OC)c1.[I-]. The van der Waals surface area contributed by atoms with Crippen molar-refractivity contribution in [2.24, 2.45) is 0 Å². The zero-order valence-corrected chi connectivity index (χ0v) is 22.7. The number of hydrogen-bond acceptors (Lipinski definition) is 3. The van der Waals surface area contributed by atoms with Gasteiger partial charge in [0, 0.05) is 30.7 Å². The lowest BCUT2D eigenvalue weighted by molar-refractivity contribution is -0.697. The van der Waals surface area contributed by atoms with E-state index in [9.17, 15) is 4.79 Å². The predicted molar refractivity (Wildman–Crippen MR) is 129 cm³/mol. The van der Waals surface area contributed by atoms with E-state index in [1.807, 2.05) is 24.4 Å². The minimum atomic E-state index is -0.151. The number of rotatable bonds is 16. The Bertz CT molecular complexity index is 814. The second-order valence-corrected chi connectivity index (χ2v) is 8.32. The normalized spacial score (nSPS) is 10.4. The number of amides is 1. The van der Waals surface area contributed by atoms with Gasteiger partial charge in [-0.1, -0.05) is 58.8 Å². The van der Waals surface area contributed by atoms with Gasteiger partial charge in [0.15, 0.2) is 12.4 Å². The molecule has 184 valence electrons. The Balaban J connectivity index is 0.00000544. The Labute approximate surface area is 217 Å². The van der Waals surface area contributed by atoms with Crippen molar-refractivity contribution < 1.29 is 42.8 Å². The fraction of sp³-hybridized carbons (Fsp3) is 0.556. The van der Waals surface area contributed by atoms with Crippen molar-refractivity contribution in [3.63, 3.8) is 0 Å². The first-order chi connectivity index (χ1) is 15.7. The standard InChI is InChI=1S/C27H40N2O3.HI/c1-4-6-7-8-9-10-11-12-19-32-24-15-16-25(26(20-24)31-3)27(30)28-21-23-14-13-18-29(22-23)17-5-2;/h13-16,18,20,22H,4-12,17,19,21H2,1-3H3;1H. The molecule has 0 fully saturated rings. The van der Waals surface area contributed by atoms with Crippen LogP contribution in [-0.2, 0) is 13.1 Å². The van der Waals surface area contributed by atoms with Crippen LogP contribution in [-0.4, -0.2) is 19.6 Å². The van der Waals surface area contributed by atoms with Crippen LogP contribution in [0.25, 0.3) is 0 Å². The van der Waals surface area contributed by atoms with Gasteiger partial charge in [0.2, 0.25) is 0 Å². The first kappa shape index (κ1) is 29.2. The van der Waals surface area contributed by atoms with Gasteiger partial charge in [0.25, 0.3) is 5.91 Å². The van der Waals surface area contributed by atoms with Crippen LogP contribution >= 0.6 is 0 Å². The second kappa shape index (κ2) is 17.6. The Kier molecular flexibility index (Phi) is 15.6. The third-order valence-electron chi connectivity index (χ3n) is 5.54. The molecule has 1 aromatic heterocycles. The second-order valence-electron chi connectivity index (χ2n) is 8.32. The fourth-order valence-electron chi connectivity index (χ4n) is 3.73. The molecule has 0 atom stereocenters. The van der Waals surface area contributed by atoms with Crippen LogP contribution < -0.4 is 43.3 Å². The number of nitrogens with zero attached hydrogens (tertiary/aromatic N) is 1. The number of ether oxygens (including phenoxy) is 2. The summed E-state index contributed by atoms with van der Waals surface area (Å²) in [6.07, 6.45) is 15.4. The zero-order chi connectivity index (χ0) is 23.0. The number of benzene rings is 1. The molecule has 0 spiro atoms. The summed E-state index contributed by atoms with van der Waals surface area (Å²) in [4.78, 5) is 12.7. The highest BCUT2D eigenvalue weighted by Crippen LogP contribution is 2.25. The van der Waals surface area contributed by atoms with E-state index >= 15 is 0 Å². The van der Waals surface area contributed by atoms with Crippen molar-refractivity contribution in [1.82, 2.24) is 5.32 Å². The van der Waals surface area contributed by atoms with E-state index in [0.29, 0.717) is 24.5 Å². The molecule has 5 nitrogen and oxygen atoms in total. The molecule has 1 heterocycles. The number of pyridine rings is 1. The molecule has 33 heavy (non-hydrogen) atoms. The van der Waals surface area contributed by atoms with E-state index in [1.54, 1.807) is 19.2 Å². The number of methoxy groups -OCH3 is 1. The molecular weight excluding hydrogens is 527 g/mol. The molecule has 2 aromatic rings. The lowest BCUT2D eigenvalue weighted by atomic mass is 10.1. The molecule has 0 aliphatic carbocycles. The molecule has 0 bridgehead atoms. The van der Waals surface area contributed by atoms with E-state index in [1.165, 1.54) is 44.9 Å². The van der Waals surface area contributed by atoms with Crippen LogP contribution in [0, 0.1) is 0 Å². The van der Waals surface area contributed by atoms with E-state index in [2.05, 4.69) is 29.9 Å².